The van der Waals surface area contributed by atoms with E-state index >= 15 is 0 Å². The maximum absolute atomic E-state index is 11.3. The van der Waals surface area contributed by atoms with Gasteiger partial charge in [-0.1, -0.05) is 11.6 Å². The zero-order valence-corrected chi connectivity index (χ0v) is 11.0. The van der Waals surface area contributed by atoms with Gasteiger partial charge < -0.3 is 5.11 Å². The molecule has 0 saturated heterocycles. The van der Waals surface area contributed by atoms with Gasteiger partial charge in [0.25, 0.3) is 0 Å². The normalized spacial score (nSPS) is 16.1. The lowest BCUT2D eigenvalue weighted by molar-refractivity contribution is 0.165. The summed E-state index contributed by atoms with van der Waals surface area (Å²) in [5.74, 6) is 0. The van der Waals surface area contributed by atoms with Crippen molar-refractivity contribution in [3.8, 4) is 0 Å². The molecule has 92 valence electrons. The lowest BCUT2D eigenvalue weighted by Crippen LogP contribution is -2.26. The lowest BCUT2D eigenvalue weighted by atomic mass is 10.2. The monoisotopic (exact) mass is 266 g/mol. The van der Waals surface area contributed by atoms with Gasteiger partial charge in [0.2, 0.25) is 0 Å². The Kier molecular flexibility index (Phi) is 3.98. The van der Waals surface area contributed by atoms with Crippen molar-refractivity contribution in [3.63, 3.8) is 0 Å². The highest BCUT2D eigenvalue weighted by Gasteiger charge is 2.29. The number of halogens is 1. The number of aliphatic hydroxyl groups is 1. The van der Waals surface area contributed by atoms with Crippen LogP contribution in [0.15, 0.2) is 6.20 Å². The fourth-order valence-corrected chi connectivity index (χ4v) is 2.22. The molecule has 1 N–H and O–H groups in total. The lowest BCUT2D eigenvalue weighted by Gasteiger charge is -2.18. The number of sulfone groups is 1. The minimum absolute atomic E-state index is 0.282. The average Bonchev–Trinajstić information content (AvgIpc) is 2.56. The molecule has 0 saturated carbocycles. The number of hydrogen-bond donors (Lipinski definition) is 1. The number of aryl methyl sites for hydroxylation is 1. The molecule has 1 rings (SSSR count). The van der Waals surface area contributed by atoms with E-state index in [-0.39, 0.29) is 5.02 Å². The summed E-state index contributed by atoms with van der Waals surface area (Å²) in [6.45, 7) is 3.81. The van der Waals surface area contributed by atoms with Crippen molar-refractivity contribution < 1.29 is 13.5 Å². The van der Waals surface area contributed by atoms with Crippen LogP contribution in [0.3, 0.4) is 0 Å². The summed E-state index contributed by atoms with van der Waals surface area (Å²) >= 11 is 5.87. The molecule has 16 heavy (non-hydrogen) atoms. The summed E-state index contributed by atoms with van der Waals surface area (Å²) in [5.41, 5.74) is 0.349. The van der Waals surface area contributed by atoms with Gasteiger partial charge in [-0.3, -0.25) is 4.68 Å². The summed E-state index contributed by atoms with van der Waals surface area (Å²) in [7, 11) is -3.32. The SMILES string of the molecule is CCn1ncc(Cl)c1C(O)C(C)S(C)(=O)=O. The molecule has 0 aliphatic heterocycles. The van der Waals surface area contributed by atoms with E-state index in [1.807, 2.05) is 6.92 Å². The van der Waals surface area contributed by atoms with Gasteiger partial charge >= 0.3 is 0 Å². The maximum Gasteiger partial charge on any atom is 0.152 e. The van der Waals surface area contributed by atoms with Crippen molar-refractivity contribution in [2.75, 3.05) is 6.26 Å². The third-order valence-electron chi connectivity index (χ3n) is 2.53. The minimum Gasteiger partial charge on any atom is -0.385 e. The minimum atomic E-state index is -3.32. The Morgan fingerprint density at radius 2 is 2.19 bits per heavy atom. The van der Waals surface area contributed by atoms with Crippen molar-refractivity contribution in [3.05, 3.63) is 16.9 Å². The zero-order chi connectivity index (χ0) is 12.5. The maximum atomic E-state index is 11.3. The first-order chi connectivity index (χ1) is 7.29. The molecule has 7 heteroatoms. The first-order valence-electron chi connectivity index (χ1n) is 4.87. The van der Waals surface area contributed by atoms with E-state index in [0.717, 1.165) is 6.26 Å². The molecule has 1 aromatic heterocycles. The summed E-state index contributed by atoms with van der Waals surface area (Å²) in [5, 5.41) is 13.3. The molecular formula is C9H15ClN2O3S. The number of nitrogens with zero attached hydrogens (tertiary/aromatic N) is 2. The highest BCUT2D eigenvalue weighted by Crippen LogP contribution is 2.27. The van der Waals surface area contributed by atoms with Crippen LogP contribution in [0.25, 0.3) is 0 Å². The number of aromatic nitrogens is 2. The van der Waals surface area contributed by atoms with Crippen LogP contribution < -0.4 is 0 Å². The van der Waals surface area contributed by atoms with E-state index in [4.69, 9.17) is 11.6 Å². The molecule has 0 radical (unpaired) electrons. The molecule has 1 aromatic rings. The van der Waals surface area contributed by atoms with E-state index in [2.05, 4.69) is 5.10 Å². The molecule has 1 heterocycles. The van der Waals surface area contributed by atoms with Gasteiger partial charge in [-0.2, -0.15) is 5.10 Å². The fraction of sp³-hybridized carbons (Fsp3) is 0.667. The first kappa shape index (κ1) is 13.5. The van der Waals surface area contributed by atoms with Crippen LogP contribution >= 0.6 is 11.6 Å². The van der Waals surface area contributed by atoms with E-state index in [1.165, 1.54) is 17.8 Å². The largest absolute Gasteiger partial charge is 0.385 e. The van der Waals surface area contributed by atoms with E-state index in [0.29, 0.717) is 12.2 Å². The summed E-state index contributed by atoms with van der Waals surface area (Å²) in [6.07, 6.45) is 1.32. The van der Waals surface area contributed by atoms with Crippen LogP contribution in [0.4, 0.5) is 0 Å². The highest BCUT2D eigenvalue weighted by atomic mass is 35.5. The van der Waals surface area contributed by atoms with Crippen LogP contribution in [0.5, 0.6) is 0 Å². The van der Waals surface area contributed by atoms with Crippen LogP contribution in [0, 0.1) is 0 Å². The van der Waals surface area contributed by atoms with Gasteiger partial charge in [-0.15, -0.1) is 0 Å². The predicted molar refractivity (Wildman–Crippen MR) is 62.2 cm³/mol. The van der Waals surface area contributed by atoms with Crippen molar-refractivity contribution >= 4 is 21.4 Å². The van der Waals surface area contributed by atoms with Crippen LogP contribution in [0.1, 0.15) is 25.6 Å². The molecule has 0 bridgehead atoms. The van der Waals surface area contributed by atoms with Crippen molar-refractivity contribution in [2.24, 2.45) is 0 Å². The second-order valence-corrected chi connectivity index (χ2v) is 6.48. The van der Waals surface area contributed by atoms with Gasteiger partial charge in [-0.25, -0.2) is 8.42 Å². The Balaban J connectivity index is 3.14. The van der Waals surface area contributed by atoms with E-state index < -0.39 is 21.2 Å². The van der Waals surface area contributed by atoms with E-state index in [1.54, 1.807) is 0 Å². The molecule has 2 unspecified atom stereocenters. The third-order valence-corrected chi connectivity index (χ3v) is 4.43. The molecule has 0 spiro atoms. The zero-order valence-electron chi connectivity index (χ0n) is 9.38. The third kappa shape index (κ3) is 2.56. The van der Waals surface area contributed by atoms with Gasteiger partial charge in [0, 0.05) is 12.8 Å². The quantitative estimate of drug-likeness (QED) is 0.883. The molecule has 0 amide bonds. The summed E-state index contributed by atoms with van der Waals surface area (Å²) in [6, 6.07) is 0. The Bertz CT molecular complexity index is 469. The Morgan fingerprint density at radius 1 is 1.62 bits per heavy atom. The molecule has 0 aromatic carbocycles. The van der Waals surface area contributed by atoms with Crippen LogP contribution in [-0.4, -0.2) is 34.8 Å². The Morgan fingerprint density at radius 3 is 2.62 bits per heavy atom. The predicted octanol–water partition coefficient (Wildman–Crippen LogP) is 1.02. The first-order valence-corrected chi connectivity index (χ1v) is 7.20. The summed E-state index contributed by atoms with van der Waals surface area (Å²) < 4.78 is 24.2. The molecule has 0 fully saturated rings. The average molecular weight is 267 g/mol. The smallest absolute Gasteiger partial charge is 0.152 e. The second-order valence-electron chi connectivity index (χ2n) is 3.67. The van der Waals surface area contributed by atoms with Gasteiger partial charge in [0.15, 0.2) is 9.84 Å². The number of rotatable bonds is 4. The van der Waals surface area contributed by atoms with Crippen molar-refractivity contribution in [1.82, 2.24) is 9.78 Å². The molecule has 5 nitrogen and oxygen atoms in total. The Labute approximate surface area is 100.0 Å². The second kappa shape index (κ2) is 4.73. The fourth-order valence-electron chi connectivity index (χ4n) is 1.37. The standard InChI is InChI=1S/C9H15ClN2O3S/c1-4-12-8(7(10)5-11-12)9(13)6(2)16(3,14)15/h5-6,9,13H,4H2,1-3H3. The van der Waals surface area contributed by atoms with Crippen LogP contribution in [0.2, 0.25) is 5.02 Å². The summed E-state index contributed by atoms with van der Waals surface area (Å²) in [4.78, 5) is 0. The Hall–Kier alpha value is -0.590. The van der Waals surface area contributed by atoms with Crippen LogP contribution in [-0.2, 0) is 16.4 Å². The van der Waals surface area contributed by atoms with Gasteiger partial charge in [0.05, 0.1) is 22.2 Å². The highest BCUT2D eigenvalue weighted by molar-refractivity contribution is 7.91. The number of hydrogen-bond acceptors (Lipinski definition) is 4. The van der Waals surface area contributed by atoms with E-state index in [9.17, 15) is 13.5 Å². The topological polar surface area (TPSA) is 72.2 Å². The van der Waals surface area contributed by atoms with Gasteiger partial charge in [-0.05, 0) is 13.8 Å². The molecular weight excluding hydrogens is 252 g/mol. The van der Waals surface area contributed by atoms with Crippen molar-refractivity contribution in [2.45, 2.75) is 31.7 Å². The molecule has 2 atom stereocenters. The molecule has 0 aliphatic carbocycles. The molecule has 0 aliphatic rings. The number of aliphatic hydroxyl groups excluding tert-OH is 1. The van der Waals surface area contributed by atoms with Gasteiger partial charge in [0.1, 0.15) is 6.10 Å². The van der Waals surface area contributed by atoms with Crippen molar-refractivity contribution in [1.29, 1.82) is 0 Å².